The number of hydrogen-bond donors (Lipinski definition) is 1. The van der Waals surface area contributed by atoms with Crippen LogP contribution in [-0.4, -0.2) is 10.5 Å². The molecule has 28 heavy (non-hydrogen) atoms. The Morgan fingerprint density at radius 2 is 1.82 bits per heavy atom. The van der Waals surface area contributed by atoms with Crippen molar-refractivity contribution in [2.75, 3.05) is 0 Å². The molecule has 0 saturated heterocycles. The lowest BCUT2D eigenvalue weighted by Crippen LogP contribution is -2.36. The zero-order valence-electron chi connectivity index (χ0n) is 17.2. The van der Waals surface area contributed by atoms with Crippen LogP contribution < -0.4 is 10.9 Å². The number of nitrogens with one attached hydrogen (secondary N) is 1. The monoisotopic (exact) mass is 380 g/mol. The number of hydrogen-bond acceptors (Lipinski definition) is 2. The SMILES string of the molecule is CCCCn1c2c(cc(C(=O)NC(C)c3ccccc3)c1=O)CCCCCC2. The molecule has 4 nitrogen and oxygen atoms in total. The molecule has 1 atom stereocenters. The average Bonchev–Trinajstić information content (AvgIpc) is 2.68. The molecule has 1 aromatic heterocycles. The van der Waals surface area contributed by atoms with Gasteiger partial charge in [0.05, 0.1) is 6.04 Å². The lowest BCUT2D eigenvalue weighted by molar-refractivity contribution is 0.0937. The standard InChI is InChI=1S/C24H32N2O2/c1-3-4-16-26-22-15-11-6-5-8-14-20(22)17-21(24(26)28)23(27)25-18(2)19-12-9-7-10-13-19/h7,9-10,12-13,17-18H,3-6,8,11,14-16H2,1-2H3,(H,25,27). The Labute approximate surface area is 168 Å². The molecule has 150 valence electrons. The second-order valence-electron chi connectivity index (χ2n) is 7.86. The van der Waals surface area contributed by atoms with Gasteiger partial charge in [-0.25, -0.2) is 0 Å². The normalized spacial score (nSPS) is 15.2. The van der Waals surface area contributed by atoms with Gasteiger partial charge in [-0.05, 0) is 56.2 Å². The van der Waals surface area contributed by atoms with E-state index in [2.05, 4.69) is 12.2 Å². The van der Waals surface area contributed by atoms with Crippen LogP contribution in [0.3, 0.4) is 0 Å². The summed E-state index contributed by atoms with van der Waals surface area (Å²) in [5.74, 6) is -0.267. The van der Waals surface area contributed by atoms with Crippen molar-refractivity contribution in [1.29, 1.82) is 0 Å². The zero-order chi connectivity index (χ0) is 19.9. The fraction of sp³-hybridized carbons (Fsp3) is 0.500. The predicted molar refractivity (Wildman–Crippen MR) is 114 cm³/mol. The number of aryl methyl sites for hydroxylation is 1. The van der Waals surface area contributed by atoms with E-state index in [1.165, 1.54) is 18.4 Å². The van der Waals surface area contributed by atoms with Crippen LogP contribution in [0.2, 0.25) is 0 Å². The quantitative estimate of drug-likeness (QED) is 0.783. The van der Waals surface area contributed by atoms with Crippen molar-refractivity contribution in [2.45, 2.75) is 77.8 Å². The Bertz CT molecular complexity index is 855. The number of carbonyl (C=O) groups excluding carboxylic acids is 1. The molecule has 1 amide bonds. The predicted octanol–water partition coefficient (Wildman–Crippen LogP) is 4.80. The molecule has 1 N–H and O–H groups in total. The summed E-state index contributed by atoms with van der Waals surface area (Å²) in [4.78, 5) is 26.2. The molecule has 1 heterocycles. The van der Waals surface area contributed by atoms with Crippen LogP contribution >= 0.6 is 0 Å². The molecule has 0 saturated carbocycles. The molecule has 0 bridgehead atoms. The van der Waals surface area contributed by atoms with Crippen LogP contribution in [0, 0.1) is 0 Å². The van der Waals surface area contributed by atoms with Crippen LogP contribution in [0.1, 0.15) is 85.6 Å². The number of amides is 1. The Kier molecular flexibility index (Phi) is 7.07. The van der Waals surface area contributed by atoms with Gasteiger partial charge in [0.2, 0.25) is 0 Å². The van der Waals surface area contributed by atoms with Gasteiger partial charge in [-0.3, -0.25) is 9.59 Å². The fourth-order valence-electron chi connectivity index (χ4n) is 4.05. The summed E-state index contributed by atoms with van der Waals surface area (Å²) in [5, 5.41) is 3.02. The average molecular weight is 381 g/mol. The van der Waals surface area contributed by atoms with Gasteiger partial charge in [-0.1, -0.05) is 56.5 Å². The lowest BCUT2D eigenvalue weighted by atomic mass is 9.95. The van der Waals surface area contributed by atoms with Gasteiger partial charge in [0, 0.05) is 12.2 Å². The van der Waals surface area contributed by atoms with E-state index in [1.807, 2.05) is 47.9 Å². The molecule has 0 fully saturated rings. The van der Waals surface area contributed by atoms with Crippen molar-refractivity contribution < 1.29 is 4.79 Å². The van der Waals surface area contributed by atoms with Gasteiger partial charge in [0.15, 0.2) is 0 Å². The summed E-state index contributed by atoms with van der Waals surface area (Å²) in [6.45, 7) is 4.79. The second kappa shape index (κ2) is 9.72. The third kappa shape index (κ3) is 4.73. The van der Waals surface area contributed by atoms with Crippen LogP contribution in [0.25, 0.3) is 0 Å². The minimum absolute atomic E-state index is 0.134. The number of unbranched alkanes of at least 4 members (excludes halogenated alkanes) is 1. The first kappa shape index (κ1) is 20.4. The first-order chi connectivity index (χ1) is 13.6. The molecule has 1 unspecified atom stereocenters. The molecule has 4 heteroatoms. The summed E-state index contributed by atoms with van der Waals surface area (Å²) in [6, 6.07) is 11.6. The van der Waals surface area contributed by atoms with Crippen molar-refractivity contribution >= 4 is 5.91 Å². The Balaban J connectivity index is 1.94. The highest BCUT2D eigenvalue weighted by atomic mass is 16.2. The molecule has 3 rings (SSSR count). The molecular weight excluding hydrogens is 348 g/mol. The lowest BCUT2D eigenvalue weighted by Gasteiger charge is -2.21. The number of pyridine rings is 1. The van der Waals surface area contributed by atoms with Crippen molar-refractivity contribution in [3.8, 4) is 0 Å². The van der Waals surface area contributed by atoms with Gasteiger partial charge in [0.1, 0.15) is 5.56 Å². The van der Waals surface area contributed by atoms with E-state index in [-0.39, 0.29) is 17.5 Å². The van der Waals surface area contributed by atoms with E-state index in [0.717, 1.165) is 49.8 Å². The summed E-state index contributed by atoms with van der Waals surface area (Å²) in [7, 11) is 0. The molecule has 0 radical (unpaired) electrons. The summed E-state index contributed by atoms with van der Waals surface area (Å²) >= 11 is 0. The van der Waals surface area contributed by atoms with Crippen LogP contribution in [0.5, 0.6) is 0 Å². The van der Waals surface area contributed by atoms with Gasteiger partial charge in [-0.2, -0.15) is 0 Å². The summed E-state index contributed by atoms with van der Waals surface area (Å²) in [5.41, 5.74) is 3.54. The number of carbonyl (C=O) groups is 1. The first-order valence-corrected chi connectivity index (χ1v) is 10.7. The second-order valence-corrected chi connectivity index (χ2v) is 7.86. The maximum Gasteiger partial charge on any atom is 0.263 e. The molecule has 0 spiro atoms. The Morgan fingerprint density at radius 3 is 2.54 bits per heavy atom. The van der Waals surface area contributed by atoms with Crippen molar-refractivity contribution in [2.24, 2.45) is 0 Å². The minimum Gasteiger partial charge on any atom is -0.345 e. The molecule has 0 aliphatic heterocycles. The Morgan fingerprint density at radius 1 is 1.11 bits per heavy atom. The molecule has 1 aliphatic rings. The fourth-order valence-corrected chi connectivity index (χ4v) is 4.05. The largest absolute Gasteiger partial charge is 0.345 e. The Hall–Kier alpha value is -2.36. The minimum atomic E-state index is -0.267. The number of benzene rings is 1. The van der Waals surface area contributed by atoms with Gasteiger partial charge < -0.3 is 9.88 Å². The van der Waals surface area contributed by atoms with E-state index in [0.29, 0.717) is 12.1 Å². The summed E-state index contributed by atoms with van der Waals surface area (Å²) < 4.78 is 1.90. The van der Waals surface area contributed by atoms with E-state index < -0.39 is 0 Å². The summed E-state index contributed by atoms with van der Waals surface area (Å²) in [6.07, 6.45) is 8.57. The van der Waals surface area contributed by atoms with Gasteiger partial charge in [0.25, 0.3) is 11.5 Å². The highest BCUT2D eigenvalue weighted by Gasteiger charge is 2.21. The van der Waals surface area contributed by atoms with Gasteiger partial charge in [-0.15, -0.1) is 0 Å². The highest BCUT2D eigenvalue weighted by molar-refractivity contribution is 5.94. The third-order valence-corrected chi connectivity index (χ3v) is 5.73. The van der Waals surface area contributed by atoms with E-state index in [9.17, 15) is 9.59 Å². The maximum absolute atomic E-state index is 13.2. The smallest absolute Gasteiger partial charge is 0.263 e. The van der Waals surface area contributed by atoms with Gasteiger partial charge >= 0.3 is 0 Å². The number of fused-ring (bicyclic) bond motifs is 1. The maximum atomic E-state index is 13.2. The molecule has 2 aromatic rings. The number of nitrogens with zero attached hydrogens (tertiary/aromatic N) is 1. The molecular formula is C24H32N2O2. The van der Waals surface area contributed by atoms with Crippen molar-refractivity contribution in [3.63, 3.8) is 0 Å². The molecule has 1 aromatic carbocycles. The molecule has 1 aliphatic carbocycles. The van der Waals surface area contributed by atoms with Crippen LogP contribution in [0.4, 0.5) is 0 Å². The third-order valence-electron chi connectivity index (χ3n) is 5.73. The zero-order valence-corrected chi connectivity index (χ0v) is 17.2. The number of aromatic nitrogens is 1. The van der Waals surface area contributed by atoms with Crippen LogP contribution in [-0.2, 0) is 19.4 Å². The first-order valence-electron chi connectivity index (χ1n) is 10.7. The number of rotatable bonds is 6. The van der Waals surface area contributed by atoms with Crippen molar-refractivity contribution in [3.05, 3.63) is 69.1 Å². The van der Waals surface area contributed by atoms with E-state index >= 15 is 0 Å². The van der Waals surface area contributed by atoms with Crippen molar-refractivity contribution in [1.82, 2.24) is 9.88 Å². The van der Waals surface area contributed by atoms with E-state index in [4.69, 9.17) is 0 Å². The topological polar surface area (TPSA) is 51.1 Å². The van der Waals surface area contributed by atoms with E-state index in [1.54, 1.807) is 0 Å². The van der Waals surface area contributed by atoms with Crippen LogP contribution in [0.15, 0.2) is 41.2 Å². The highest BCUT2D eigenvalue weighted by Crippen LogP contribution is 2.21.